The van der Waals surface area contributed by atoms with E-state index in [1.807, 2.05) is 6.92 Å². The second-order valence-electron chi connectivity index (χ2n) is 3.53. The third-order valence-electron chi connectivity index (χ3n) is 1.94. The van der Waals surface area contributed by atoms with Gasteiger partial charge in [-0.05, 0) is 27.4 Å². The van der Waals surface area contributed by atoms with Crippen LogP contribution in [0.3, 0.4) is 0 Å². The summed E-state index contributed by atoms with van der Waals surface area (Å²) in [6, 6.07) is 0. The maximum atomic E-state index is 11.8. The highest BCUT2D eigenvalue weighted by Gasteiger charge is 2.28. The maximum absolute atomic E-state index is 11.8. The van der Waals surface area contributed by atoms with Crippen molar-refractivity contribution in [2.24, 2.45) is 0 Å². The lowest BCUT2D eigenvalue weighted by Crippen LogP contribution is -2.14. The smallest absolute Gasteiger partial charge is 0.304 e. The molecule has 0 aromatic carbocycles. The lowest BCUT2D eigenvalue weighted by molar-refractivity contribution is 0.197. The van der Waals surface area contributed by atoms with Crippen molar-refractivity contribution in [2.75, 3.05) is 14.1 Å². The van der Waals surface area contributed by atoms with Crippen molar-refractivity contribution in [3.8, 4) is 5.81 Å². The van der Waals surface area contributed by atoms with E-state index in [1.165, 1.54) is 4.67 Å². The SMILES string of the molecule is CCCCC(C)OP(=O)(C#N)N(C)C. The fourth-order valence-electron chi connectivity index (χ4n) is 0.995. The van der Waals surface area contributed by atoms with Crippen molar-refractivity contribution in [3.63, 3.8) is 0 Å². The standard InChI is InChI=1S/C9H19N2O2P/c1-5-6-7-9(2)13-14(12,8-10)11(3)4/h9H,5-7H2,1-4H3. The molecule has 0 fully saturated rings. The van der Waals surface area contributed by atoms with Crippen LogP contribution in [0.5, 0.6) is 0 Å². The molecule has 5 heteroatoms. The van der Waals surface area contributed by atoms with Gasteiger partial charge in [0, 0.05) is 0 Å². The molecule has 4 nitrogen and oxygen atoms in total. The van der Waals surface area contributed by atoms with Crippen LogP contribution in [0.1, 0.15) is 33.1 Å². The first kappa shape index (κ1) is 13.6. The minimum Gasteiger partial charge on any atom is -0.304 e. The Bertz CT molecular complexity index is 248. The molecule has 0 saturated heterocycles. The van der Waals surface area contributed by atoms with Crippen LogP contribution in [0.15, 0.2) is 0 Å². The Morgan fingerprint density at radius 2 is 2.14 bits per heavy atom. The molecular formula is C9H19N2O2P. The number of rotatable bonds is 6. The molecule has 2 unspecified atom stereocenters. The molecule has 0 bridgehead atoms. The first-order valence-corrected chi connectivity index (χ1v) is 6.41. The van der Waals surface area contributed by atoms with Crippen molar-refractivity contribution < 1.29 is 9.09 Å². The number of hydrogen-bond donors (Lipinski definition) is 0. The van der Waals surface area contributed by atoms with Gasteiger partial charge in [-0.1, -0.05) is 19.8 Å². The van der Waals surface area contributed by atoms with Gasteiger partial charge in [0.1, 0.15) is 0 Å². The van der Waals surface area contributed by atoms with E-state index in [9.17, 15) is 4.57 Å². The molecule has 0 N–H and O–H groups in total. The van der Waals surface area contributed by atoms with Crippen LogP contribution in [0.4, 0.5) is 0 Å². The fraction of sp³-hybridized carbons (Fsp3) is 0.889. The number of nitriles is 1. The quantitative estimate of drug-likeness (QED) is 0.643. The summed E-state index contributed by atoms with van der Waals surface area (Å²) in [5.41, 5.74) is 0. The van der Waals surface area contributed by atoms with E-state index >= 15 is 0 Å². The van der Waals surface area contributed by atoms with E-state index in [2.05, 4.69) is 6.92 Å². The fourth-order valence-corrected chi connectivity index (χ4v) is 2.00. The van der Waals surface area contributed by atoms with E-state index in [4.69, 9.17) is 9.79 Å². The van der Waals surface area contributed by atoms with Gasteiger partial charge in [0.2, 0.25) is 0 Å². The molecule has 14 heavy (non-hydrogen) atoms. The average Bonchev–Trinajstić information content (AvgIpc) is 2.14. The minimum atomic E-state index is -3.23. The van der Waals surface area contributed by atoms with Crippen molar-refractivity contribution in [1.29, 1.82) is 5.26 Å². The normalized spacial score (nSPS) is 17.4. The summed E-state index contributed by atoms with van der Waals surface area (Å²) >= 11 is 0. The zero-order valence-electron chi connectivity index (χ0n) is 9.36. The molecule has 0 saturated carbocycles. The zero-order valence-corrected chi connectivity index (χ0v) is 10.3. The molecule has 0 aromatic heterocycles. The monoisotopic (exact) mass is 218 g/mol. The largest absolute Gasteiger partial charge is 0.370 e. The molecular weight excluding hydrogens is 199 g/mol. The molecule has 0 heterocycles. The lowest BCUT2D eigenvalue weighted by Gasteiger charge is -2.21. The van der Waals surface area contributed by atoms with Gasteiger partial charge in [-0.2, -0.15) is 5.26 Å². The van der Waals surface area contributed by atoms with Gasteiger partial charge in [-0.15, -0.1) is 0 Å². The van der Waals surface area contributed by atoms with Crippen LogP contribution in [0.25, 0.3) is 0 Å². The first-order valence-electron chi connectivity index (χ1n) is 4.84. The van der Waals surface area contributed by atoms with Crippen LogP contribution >= 0.6 is 7.52 Å². The number of unbranched alkanes of at least 4 members (excludes halogenated alkanes) is 1. The Kier molecular flexibility index (Phi) is 6.03. The molecule has 2 atom stereocenters. The number of hydrogen-bond acceptors (Lipinski definition) is 3. The van der Waals surface area contributed by atoms with E-state index < -0.39 is 7.52 Å². The Labute approximate surface area is 86.4 Å². The highest BCUT2D eigenvalue weighted by Crippen LogP contribution is 2.48. The summed E-state index contributed by atoms with van der Waals surface area (Å²) in [4.78, 5) is 0. The lowest BCUT2D eigenvalue weighted by atomic mass is 10.2. The van der Waals surface area contributed by atoms with Crippen molar-refractivity contribution in [2.45, 2.75) is 39.2 Å². The van der Waals surface area contributed by atoms with E-state index in [0.29, 0.717) is 0 Å². The Morgan fingerprint density at radius 1 is 1.57 bits per heavy atom. The minimum absolute atomic E-state index is 0.122. The zero-order chi connectivity index (χ0) is 11.2. The Balaban J connectivity index is 4.20. The second kappa shape index (κ2) is 6.19. The molecule has 0 rings (SSSR count). The predicted octanol–water partition coefficient (Wildman–Crippen LogP) is 2.82. The van der Waals surface area contributed by atoms with Crippen LogP contribution in [-0.2, 0) is 9.09 Å². The molecule has 0 aliphatic heterocycles. The maximum Gasteiger partial charge on any atom is 0.370 e. The first-order chi connectivity index (χ1) is 6.46. The summed E-state index contributed by atoms with van der Waals surface area (Å²) in [5.74, 6) is 1.74. The van der Waals surface area contributed by atoms with Gasteiger partial charge in [0.05, 0.1) is 6.10 Å². The van der Waals surface area contributed by atoms with Crippen molar-refractivity contribution in [1.82, 2.24) is 4.67 Å². The summed E-state index contributed by atoms with van der Waals surface area (Å²) in [6.07, 6.45) is 2.82. The highest BCUT2D eigenvalue weighted by atomic mass is 31.2. The molecule has 0 amide bonds. The van der Waals surface area contributed by atoms with Crippen LogP contribution in [-0.4, -0.2) is 24.9 Å². The van der Waals surface area contributed by atoms with E-state index in [0.717, 1.165) is 19.3 Å². The van der Waals surface area contributed by atoms with Gasteiger partial charge in [0.15, 0.2) is 5.81 Å². The number of nitrogens with zero attached hydrogens (tertiary/aromatic N) is 2. The topological polar surface area (TPSA) is 53.3 Å². The van der Waals surface area contributed by atoms with Gasteiger partial charge in [0.25, 0.3) is 0 Å². The second-order valence-corrected chi connectivity index (χ2v) is 5.78. The molecule has 0 aliphatic carbocycles. The summed E-state index contributed by atoms with van der Waals surface area (Å²) in [5, 5.41) is 8.75. The van der Waals surface area contributed by atoms with Crippen molar-refractivity contribution in [3.05, 3.63) is 0 Å². The van der Waals surface area contributed by atoms with Crippen molar-refractivity contribution >= 4 is 7.52 Å². The highest BCUT2D eigenvalue weighted by molar-refractivity contribution is 7.61. The van der Waals surface area contributed by atoms with Gasteiger partial charge >= 0.3 is 7.52 Å². The summed E-state index contributed by atoms with van der Waals surface area (Å²) in [6.45, 7) is 3.94. The van der Waals surface area contributed by atoms with Crippen LogP contribution in [0.2, 0.25) is 0 Å². The Hall–Kier alpha value is -0.360. The van der Waals surface area contributed by atoms with Gasteiger partial charge in [-0.25, -0.2) is 4.67 Å². The third-order valence-corrected chi connectivity index (χ3v) is 3.89. The summed E-state index contributed by atoms with van der Waals surface area (Å²) < 4.78 is 18.4. The average molecular weight is 218 g/mol. The molecule has 0 aromatic rings. The molecule has 0 spiro atoms. The van der Waals surface area contributed by atoms with E-state index in [1.54, 1.807) is 19.9 Å². The molecule has 0 aliphatic rings. The molecule has 0 radical (unpaired) electrons. The van der Waals surface area contributed by atoms with Crippen LogP contribution < -0.4 is 0 Å². The Morgan fingerprint density at radius 3 is 2.50 bits per heavy atom. The van der Waals surface area contributed by atoms with Gasteiger partial charge in [-0.3, -0.25) is 4.57 Å². The predicted molar refractivity (Wildman–Crippen MR) is 57.0 cm³/mol. The summed E-state index contributed by atoms with van der Waals surface area (Å²) in [7, 11) is -0.0420. The van der Waals surface area contributed by atoms with Crippen LogP contribution in [0, 0.1) is 11.1 Å². The van der Waals surface area contributed by atoms with E-state index in [-0.39, 0.29) is 6.10 Å². The van der Waals surface area contributed by atoms with Gasteiger partial charge < -0.3 is 4.52 Å². The molecule has 82 valence electrons. The third kappa shape index (κ3) is 4.23.